The molecule has 0 aromatic heterocycles. The molecule has 6 heteroatoms. The number of piperazine rings is 1. The van der Waals surface area contributed by atoms with Gasteiger partial charge in [0.15, 0.2) is 17.7 Å². The third-order valence-electron chi connectivity index (χ3n) is 6.54. The molecule has 0 unspecified atom stereocenters. The summed E-state index contributed by atoms with van der Waals surface area (Å²) in [6.07, 6.45) is -0.402. The molecule has 3 aromatic carbocycles. The van der Waals surface area contributed by atoms with E-state index in [4.69, 9.17) is 14.2 Å². The van der Waals surface area contributed by atoms with Gasteiger partial charge in [0.1, 0.15) is 5.56 Å². The Hall–Kier alpha value is -3.35. The van der Waals surface area contributed by atoms with Gasteiger partial charge in [0.2, 0.25) is 0 Å². The smallest absolute Gasteiger partial charge is 0.344 e. The number of esters is 1. The lowest BCUT2D eigenvalue weighted by molar-refractivity contribution is -0.0442. The number of cyclic esters (lactones) is 1. The highest BCUT2D eigenvalue weighted by Crippen LogP contribution is 2.43. The van der Waals surface area contributed by atoms with Crippen LogP contribution in [0.3, 0.4) is 0 Å². The topological polar surface area (TPSA) is 51.2 Å². The summed E-state index contributed by atoms with van der Waals surface area (Å²) in [5.41, 5.74) is 3.88. The Labute approximate surface area is 194 Å². The van der Waals surface area contributed by atoms with Crippen LogP contribution in [0.5, 0.6) is 11.5 Å². The van der Waals surface area contributed by atoms with Crippen LogP contribution in [0.1, 0.15) is 39.3 Å². The quantitative estimate of drug-likeness (QED) is 0.529. The van der Waals surface area contributed by atoms with Crippen molar-refractivity contribution in [3.63, 3.8) is 0 Å². The number of benzene rings is 3. The lowest BCUT2D eigenvalue weighted by Crippen LogP contribution is -2.49. The maximum atomic E-state index is 12.7. The molecule has 0 amide bonds. The summed E-state index contributed by atoms with van der Waals surface area (Å²) in [7, 11) is 3.11. The van der Waals surface area contributed by atoms with Gasteiger partial charge in [0.25, 0.3) is 0 Å². The molecule has 0 N–H and O–H groups in total. The second-order valence-electron chi connectivity index (χ2n) is 8.32. The summed E-state index contributed by atoms with van der Waals surface area (Å²) in [5, 5.41) is 0. The van der Waals surface area contributed by atoms with Gasteiger partial charge in [-0.3, -0.25) is 9.80 Å². The van der Waals surface area contributed by atoms with Crippen LogP contribution in [0.15, 0.2) is 72.8 Å². The molecule has 2 aliphatic heterocycles. The molecule has 1 fully saturated rings. The van der Waals surface area contributed by atoms with Crippen molar-refractivity contribution in [3.8, 4) is 11.5 Å². The van der Waals surface area contributed by atoms with E-state index in [-0.39, 0.29) is 12.0 Å². The normalized spacial score (nSPS) is 18.8. The maximum absolute atomic E-state index is 12.7. The molecule has 6 nitrogen and oxygen atoms in total. The van der Waals surface area contributed by atoms with E-state index in [1.165, 1.54) is 11.1 Å². The minimum absolute atomic E-state index is 0.192. The van der Waals surface area contributed by atoms with Crippen LogP contribution < -0.4 is 9.47 Å². The second-order valence-corrected chi connectivity index (χ2v) is 8.32. The summed E-state index contributed by atoms with van der Waals surface area (Å²) in [6.45, 7) is 3.32. The van der Waals surface area contributed by atoms with Gasteiger partial charge < -0.3 is 14.2 Å². The predicted octanol–water partition coefficient (Wildman–Crippen LogP) is 4.28. The average molecular weight is 445 g/mol. The number of ether oxygens (including phenoxy) is 3. The average Bonchev–Trinajstić information content (AvgIpc) is 3.22. The maximum Gasteiger partial charge on any atom is 0.344 e. The van der Waals surface area contributed by atoms with E-state index in [9.17, 15) is 4.79 Å². The zero-order chi connectivity index (χ0) is 22.8. The van der Waals surface area contributed by atoms with Crippen molar-refractivity contribution in [3.05, 3.63) is 95.1 Å². The lowest BCUT2D eigenvalue weighted by atomic mass is 9.96. The Morgan fingerprint density at radius 1 is 0.818 bits per heavy atom. The summed E-state index contributed by atoms with van der Waals surface area (Å²) in [6, 6.07) is 25.2. The molecule has 3 aromatic rings. The van der Waals surface area contributed by atoms with Gasteiger partial charge in [-0.1, -0.05) is 60.7 Å². The molecule has 170 valence electrons. The Balaban J connectivity index is 1.37. The van der Waals surface area contributed by atoms with Crippen molar-refractivity contribution in [1.82, 2.24) is 9.80 Å². The minimum atomic E-state index is -0.402. The van der Waals surface area contributed by atoms with Gasteiger partial charge in [-0.25, -0.2) is 4.79 Å². The molecule has 0 bridgehead atoms. The summed E-state index contributed by atoms with van der Waals surface area (Å²) >= 11 is 0. The standard InChI is InChI=1S/C27H28N2O4/c1-31-22-14-13-21-23(25(22)32-2)27(30)33-26(21)29-17-15-28(16-18-29)24(19-9-5-3-6-10-19)20-11-7-4-8-12-20/h3-14,24,26H,15-18H2,1-2H3/t26-/m0/s1. The number of nitrogens with zero attached hydrogens (tertiary/aromatic N) is 2. The van der Waals surface area contributed by atoms with Crippen LogP contribution in [0, 0.1) is 0 Å². The molecule has 5 rings (SSSR count). The summed E-state index contributed by atoms with van der Waals surface area (Å²) in [5.74, 6) is 0.612. The van der Waals surface area contributed by atoms with Gasteiger partial charge in [-0.15, -0.1) is 0 Å². The van der Waals surface area contributed by atoms with Crippen LogP contribution in [-0.4, -0.2) is 56.2 Å². The Kier molecular flexibility index (Phi) is 6.03. The fourth-order valence-corrected chi connectivity index (χ4v) is 4.97. The zero-order valence-electron chi connectivity index (χ0n) is 18.9. The minimum Gasteiger partial charge on any atom is -0.493 e. The molecule has 0 saturated carbocycles. The largest absolute Gasteiger partial charge is 0.493 e. The van der Waals surface area contributed by atoms with E-state index in [2.05, 4.69) is 70.5 Å². The third-order valence-corrected chi connectivity index (χ3v) is 6.54. The fraction of sp³-hybridized carbons (Fsp3) is 0.296. The van der Waals surface area contributed by atoms with E-state index in [0.717, 1.165) is 31.7 Å². The Bertz CT molecular complexity index is 1070. The molecule has 2 aliphatic rings. The van der Waals surface area contributed by atoms with Gasteiger partial charge >= 0.3 is 5.97 Å². The van der Waals surface area contributed by atoms with Gasteiger partial charge in [-0.05, 0) is 23.3 Å². The van der Waals surface area contributed by atoms with Crippen molar-refractivity contribution in [1.29, 1.82) is 0 Å². The molecule has 1 saturated heterocycles. The number of fused-ring (bicyclic) bond motifs is 1. The molecular weight excluding hydrogens is 416 g/mol. The van der Waals surface area contributed by atoms with Crippen molar-refractivity contribution < 1.29 is 19.0 Å². The molecule has 0 spiro atoms. The van der Waals surface area contributed by atoms with Crippen molar-refractivity contribution in [2.75, 3.05) is 40.4 Å². The SMILES string of the molecule is COc1ccc2c(c1OC)C(=O)O[C@@H]2N1CCN(C(c2ccccc2)c2ccccc2)CC1. The van der Waals surface area contributed by atoms with E-state index in [1.807, 2.05) is 12.1 Å². The van der Waals surface area contributed by atoms with E-state index in [0.29, 0.717) is 17.1 Å². The number of carbonyl (C=O) groups excluding carboxylic acids is 1. The zero-order valence-corrected chi connectivity index (χ0v) is 18.9. The number of hydrogen-bond acceptors (Lipinski definition) is 6. The summed E-state index contributed by atoms with van der Waals surface area (Å²) in [4.78, 5) is 17.5. The van der Waals surface area contributed by atoms with E-state index in [1.54, 1.807) is 14.2 Å². The molecule has 33 heavy (non-hydrogen) atoms. The highest BCUT2D eigenvalue weighted by Gasteiger charge is 2.40. The predicted molar refractivity (Wildman–Crippen MR) is 126 cm³/mol. The summed E-state index contributed by atoms with van der Waals surface area (Å²) < 4.78 is 16.7. The van der Waals surface area contributed by atoms with E-state index >= 15 is 0 Å². The van der Waals surface area contributed by atoms with Gasteiger partial charge in [-0.2, -0.15) is 0 Å². The van der Waals surface area contributed by atoms with Crippen LogP contribution >= 0.6 is 0 Å². The first-order valence-electron chi connectivity index (χ1n) is 11.2. The first kappa shape index (κ1) is 21.5. The number of carbonyl (C=O) groups is 1. The molecule has 1 atom stereocenters. The highest BCUT2D eigenvalue weighted by atomic mass is 16.6. The molecular formula is C27H28N2O4. The number of rotatable bonds is 6. The van der Waals surface area contributed by atoms with Crippen LogP contribution in [-0.2, 0) is 4.74 Å². The van der Waals surface area contributed by atoms with E-state index < -0.39 is 6.23 Å². The lowest BCUT2D eigenvalue weighted by Gasteiger charge is -2.41. The van der Waals surface area contributed by atoms with Crippen LogP contribution in [0.25, 0.3) is 0 Å². The van der Waals surface area contributed by atoms with Crippen molar-refractivity contribution in [2.45, 2.75) is 12.3 Å². The Morgan fingerprint density at radius 3 is 1.97 bits per heavy atom. The molecule has 0 aliphatic carbocycles. The number of methoxy groups -OCH3 is 2. The highest BCUT2D eigenvalue weighted by molar-refractivity contribution is 5.98. The van der Waals surface area contributed by atoms with Crippen molar-refractivity contribution >= 4 is 5.97 Å². The molecule has 0 radical (unpaired) electrons. The number of hydrogen-bond donors (Lipinski definition) is 0. The van der Waals surface area contributed by atoms with Crippen LogP contribution in [0.4, 0.5) is 0 Å². The first-order chi connectivity index (χ1) is 16.2. The second kappa shape index (κ2) is 9.25. The van der Waals surface area contributed by atoms with Gasteiger partial charge in [0.05, 0.1) is 20.3 Å². The Morgan fingerprint density at radius 2 is 1.42 bits per heavy atom. The first-order valence-corrected chi connectivity index (χ1v) is 11.2. The fourth-order valence-electron chi connectivity index (χ4n) is 4.97. The molecule has 2 heterocycles. The van der Waals surface area contributed by atoms with Crippen LogP contribution in [0.2, 0.25) is 0 Å². The third kappa shape index (κ3) is 3.96. The van der Waals surface area contributed by atoms with Gasteiger partial charge in [0, 0.05) is 31.7 Å². The monoisotopic (exact) mass is 444 g/mol. The van der Waals surface area contributed by atoms with Crippen molar-refractivity contribution in [2.24, 2.45) is 0 Å².